The predicted octanol–water partition coefficient (Wildman–Crippen LogP) is 4.85. The topological polar surface area (TPSA) is 65.4 Å². The van der Waals surface area contributed by atoms with Crippen LogP contribution in [-0.4, -0.2) is 20.1 Å². The number of rotatable bonds is 5. The lowest BCUT2D eigenvalue weighted by atomic mass is 10.1. The molecule has 0 unspecified atom stereocenters. The Bertz CT molecular complexity index is 1440. The molecule has 0 spiro atoms. The van der Waals surface area contributed by atoms with E-state index in [2.05, 4.69) is 0 Å². The Hall–Kier alpha value is -3.09. The second-order valence-corrected chi connectivity index (χ2v) is 9.57. The number of benzene rings is 3. The fourth-order valence-corrected chi connectivity index (χ4v) is 5.01. The van der Waals surface area contributed by atoms with E-state index in [4.69, 9.17) is 16.3 Å². The van der Waals surface area contributed by atoms with Crippen molar-refractivity contribution in [2.75, 3.05) is 7.11 Å². The van der Waals surface area contributed by atoms with Crippen molar-refractivity contribution in [1.29, 1.82) is 0 Å². The van der Waals surface area contributed by atoms with Crippen molar-refractivity contribution >= 4 is 32.3 Å². The van der Waals surface area contributed by atoms with Crippen molar-refractivity contribution in [3.05, 3.63) is 99.3 Å². The van der Waals surface area contributed by atoms with Crippen LogP contribution >= 0.6 is 11.6 Å². The van der Waals surface area contributed by atoms with Gasteiger partial charge in [-0.05, 0) is 60.5 Å². The van der Waals surface area contributed by atoms with Crippen molar-refractivity contribution < 1.29 is 13.2 Å². The maximum Gasteiger partial charge on any atom is 0.211 e. The zero-order valence-electron chi connectivity index (χ0n) is 17.0. The fraction of sp³-hybridized carbons (Fsp3) is 0.125. The van der Waals surface area contributed by atoms with Crippen LogP contribution in [-0.2, 0) is 16.4 Å². The lowest BCUT2D eigenvalue weighted by Gasteiger charge is -2.16. The molecule has 0 aliphatic heterocycles. The molecular formula is C24H20ClNO4S. The summed E-state index contributed by atoms with van der Waals surface area (Å²) in [5.41, 5.74) is 2.16. The number of ether oxygens (including phenoxy) is 1. The Morgan fingerprint density at radius 1 is 1.00 bits per heavy atom. The number of aryl methyl sites for hydroxylation is 1. The summed E-state index contributed by atoms with van der Waals surface area (Å²) in [6.45, 7) is 2.41. The van der Waals surface area contributed by atoms with Gasteiger partial charge in [0.1, 0.15) is 10.6 Å². The van der Waals surface area contributed by atoms with Gasteiger partial charge in [-0.25, -0.2) is 8.42 Å². The minimum atomic E-state index is -4.06. The lowest BCUT2D eigenvalue weighted by Crippen LogP contribution is -2.20. The number of sulfone groups is 1. The standard InChI is InChI=1S/C24H20ClNO4S/c1-16-5-3-4-6-17(16)14-26-15-23(31(28,29)20-10-7-18(25)8-11-20)24(27)21-13-19(30-2)9-12-22(21)26/h3-13,15H,14H2,1-2H3. The molecule has 7 heteroatoms. The summed E-state index contributed by atoms with van der Waals surface area (Å²) in [7, 11) is -2.55. The number of aromatic nitrogens is 1. The molecule has 5 nitrogen and oxygen atoms in total. The highest BCUT2D eigenvalue weighted by atomic mass is 35.5. The molecule has 1 heterocycles. The molecule has 0 aliphatic carbocycles. The Labute approximate surface area is 185 Å². The first kappa shape index (κ1) is 21.2. The summed E-state index contributed by atoms with van der Waals surface area (Å²) < 4.78 is 33.8. The lowest BCUT2D eigenvalue weighted by molar-refractivity contribution is 0.415. The van der Waals surface area contributed by atoms with E-state index in [-0.39, 0.29) is 15.2 Å². The van der Waals surface area contributed by atoms with Crippen LogP contribution in [0.15, 0.2) is 87.5 Å². The molecule has 0 bridgehead atoms. The molecule has 158 valence electrons. The van der Waals surface area contributed by atoms with Gasteiger partial charge in [0, 0.05) is 17.8 Å². The number of hydrogen-bond donors (Lipinski definition) is 0. The van der Waals surface area contributed by atoms with Crippen molar-refractivity contribution in [2.24, 2.45) is 0 Å². The number of methoxy groups -OCH3 is 1. The van der Waals surface area contributed by atoms with Gasteiger partial charge >= 0.3 is 0 Å². The summed E-state index contributed by atoms with van der Waals surface area (Å²) in [4.78, 5) is 13.0. The first-order valence-corrected chi connectivity index (χ1v) is 11.4. The third-order valence-corrected chi connectivity index (χ3v) is 7.28. The number of hydrogen-bond acceptors (Lipinski definition) is 4. The van der Waals surface area contributed by atoms with Gasteiger partial charge in [-0.1, -0.05) is 35.9 Å². The minimum absolute atomic E-state index is 0.0127. The molecule has 0 saturated carbocycles. The predicted molar refractivity (Wildman–Crippen MR) is 122 cm³/mol. The average Bonchev–Trinajstić information content (AvgIpc) is 2.77. The molecular weight excluding hydrogens is 434 g/mol. The first-order valence-electron chi connectivity index (χ1n) is 9.57. The molecule has 0 amide bonds. The third-order valence-electron chi connectivity index (χ3n) is 5.27. The molecule has 1 aromatic heterocycles. The number of nitrogens with zero attached hydrogens (tertiary/aromatic N) is 1. The van der Waals surface area contributed by atoms with Crippen LogP contribution in [0.3, 0.4) is 0 Å². The highest BCUT2D eigenvalue weighted by Gasteiger charge is 2.24. The van der Waals surface area contributed by atoms with E-state index in [9.17, 15) is 13.2 Å². The first-order chi connectivity index (χ1) is 14.8. The zero-order valence-corrected chi connectivity index (χ0v) is 18.6. The summed E-state index contributed by atoms with van der Waals surface area (Å²) in [6, 6.07) is 18.7. The van der Waals surface area contributed by atoms with E-state index < -0.39 is 15.3 Å². The molecule has 0 aliphatic rings. The van der Waals surface area contributed by atoms with Gasteiger partial charge in [0.25, 0.3) is 0 Å². The molecule has 31 heavy (non-hydrogen) atoms. The monoisotopic (exact) mass is 453 g/mol. The van der Waals surface area contributed by atoms with Crippen LogP contribution in [0, 0.1) is 6.92 Å². The Balaban J connectivity index is 1.99. The van der Waals surface area contributed by atoms with E-state index in [1.165, 1.54) is 37.6 Å². The average molecular weight is 454 g/mol. The van der Waals surface area contributed by atoms with Gasteiger partial charge in [0.2, 0.25) is 15.3 Å². The van der Waals surface area contributed by atoms with Gasteiger partial charge in [0.05, 0.1) is 22.9 Å². The van der Waals surface area contributed by atoms with Crippen molar-refractivity contribution in [2.45, 2.75) is 23.3 Å². The molecule has 0 fully saturated rings. The van der Waals surface area contributed by atoms with E-state index >= 15 is 0 Å². The van der Waals surface area contributed by atoms with E-state index in [1.807, 2.05) is 31.2 Å². The fourth-order valence-electron chi connectivity index (χ4n) is 3.51. The highest BCUT2D eigenvalue weighted by molar-refractivity contribution is 7.91. The number of pyridine rings is 1. The Morgan fingerprint density at radius 3 is 2.39 bits per heavy atom. The molecule has 0 N–H and O–H groups in total. The molecule has 0 saturated heterocycles. The van der Waals surface area contributed by atoms with Gasteiger partial charge in [-0.2, -0.15) is 0 Å². The molecule has 4 aromatic rings. The zero-order chi connectivity index (χ0) is 22.2. The quantitative estimate of drug-likeness (QED) is 0.433. The second kappa shape index (κ2) is 8.21. The van der Waals surface area contributed by atoms with Crippen LogP contribution in [0.4, 0.5) is 0 Å². The summed E-state index contributed by atoms with van der Waals surface area (Å²) in [5.74, 6) is 0.480. The highest BCUT2D eigenvalue weighted by Crippen LogP contribution is 2.25. The Kier molecular flexibility index (Phi) is 5.60. The minimum Gasteiger partial charge on any atom is -0.497 e. The summed E-state index contributed by atoms with van der Waals surface area (Å²) in [5, 5.41) is 0.696. The maximum atomic E-state index is 13.3. The van der Waals surface area contributed by atoms with Crippen LogP contribution in [0.5, 0.6) is 5.75 Å². The summed E-state index contributed by atoms with van der Waals surface area (Å²) >= 11 is 5.91. The van der Waals surface area contributed by atoms with Crippen molar-refractivity contribution in [3.63, 3.8) is 0 Å². The van der Waals surface area contributed by atoms with Crippen molar-refractivity contribution in [1.82, 2.24) is 4.57 Å². The van der Waals surface area contributed by atoms with Crippen LogP contribution in [0.25, 0.3) is 10.9 Å². The van der Waals surface area contributed by atoms with Crippen molar-refractivity contribution in [3.8, 4) is 5.75 Å². The molecule has 0 radical (unpaired) electrons. The maximum absolute atomic E-state index is 13.3. The van der Waals surface area contributed by atoms with Gasteiger partial charge < -0.3 is 9.30 Å². The normalized spacial score (nSPS) is 11.6. The van der Waals surface area contributed by atoms with Crippen LogP contribution in [0.2, 0.25) is 5.02 Å². The van der Waals surface area contributed by atoms with E-state index in [0.717, 1.165) is 11.1 Å². The molecule has 0 atom stereocenters. The summed E-state index contributed by atoms with van der Waals surface area (Å²) in [6.07, 6.45) is 1.42. The molecule has 4 rings (SSSR count). The van der Waals surface area contributed by atoms with E-state index in [0.29, 0.717) is 22.8 Å². The van der Waals surface area contributed by atoms with Gasteiger partial charge in [0.15, 0.2) is 0 Å². The van der Waals surface area contributed by atoms with E-state index in [1.54, 1.807) is 22.8 Å². The SMILES string of the molecule is COc1ccc2c(c1)c(=O)c(S(=O)(=O)c1ccc(Cl)cc1)cn2Cc1ccccc1C. The van der Waals surface area contributed by atoms with Crippen LogP contribution < -0.4 is 10.2 Å². The largest absolute Gasteiger partial charge is 0.497 e. The third kappa shape index (κ3) is 3.96. The Morgan fingerprint density at radius 2 is 1.71 bits per heavy atom. The smallest absolute Gasteiger partial charge is 0.211 e. The van der Waals surface area contributed by atoms with Gasteiger partial charge in [-0.3, -0.25) is 4.79 Å². The number of fused-ring (bicyclic) bond motifs is 1. The van der Waals surface area contributed by atoms with Gasteiger partial charge in [-0.15, -0.1) is 0 Å². The second-order valence-electron chi connectivity index (χ2n) is 7.22. The number of halogens is 1. The van der Waals surface area contributed by atoms with Crippen LogP contribution in [0.1, 0.15) is 11.1 Å². The molecule has 3 aromatic carbocycles.